The highest BCUT2D eigenvalue weighted by molar-refractivity contribution is 7.21. The molecule has 0 aromatic carbocycles. The van der Waals surface area contributed by atoms with Crippen molar-refractivity contribution in [3.63, 3.8) is 0 Å². The zero-order chi connectivity index (χ0) is 9.35. The van der Waals surface area contributed by atoms with Crippen LogP contribution in [0, 0.1) is 0 Å². The first-order valence-corrected chi connectivity index (χ1v) is 3.93. The van der Waals surface area contributed by atoms with Crippen LogP contribution < -0.4 is 4.78 Å². The summed E-state index contributed by atoms with van der Waals surface area (Å²) in [6.45, 7) is 0.708. The summed E-state index contributed by atoms with van der Waals surface area (Å²) >= 11 is 0.587. The first kappa shape index (κ1) is 9.56. The monoisotopic (exact) mass is 193 g/mol. The Morgan fingerprint density at radius 3 is 2.42 bits per heavy atom. The van der Waals surface area contributed by atoms with Crippen molar-refractivity contribution in [1.82, 2.24) is 4.98 Å². The number of thiazole rings is 1. The van der Waals surface area contributed by atoms with Crippen LogP contribution in [0.1, 0.15) is 11.9 Å². The molecule has 0 fully saturated rings. The molecular formula is C5H6BF2NO2S. The molecule has 66 valence electrons. The van der Waals surface area contributed by atoms with Crippen molar-refractivity contribution in [3.05, 3.63) is 11.2 Å². The molecule has 1 heterocycles. The van der Waals surface area contributed by atoms with Gasteiger partial charge in [0.05, 0.1) is 4.78 Å². The van der Waals surface area contributed by atoms with Crippen LogP contribution in [0.25, 0.3) is 0 Å². The number of halogens is 2. The summed E-state index contributed by atoms with van der Waals surface area (Å²) in [7, 11) is -1.72. The molecule has 0 spiro atoms. The van der Waals surface area contributed by atoms with Crippen LogP contribution in [0.15, 0.2) is 6.20 Å². The minimum Gasteiger partial charge on any atom is -0.423 e. The van der Waals surface area contributed by atoms with E-state index in [1.54, 1.807) is 0 Å². The molecule has 3 nitrogen and oxygen atoms in total. The van der Waals surface area contributed by atoms with Gasteiger partial charge in [-0.25, -0.2) is 4.98 Å². The molecule has 7 heteroatoms. The van der Waals surface area contributed by atoms with Gasteiger partial charge in [0.15, 0.2) is 5.01 Å². The van der Waals surface area contributed by atoms with Gasteiger partial charge in [0.25, 0.3) is 5.92 Å². The van der Waals surface area contributed by atoms with Gasteiger partial charge >= 0.3 is 7.12 Å². The molecule has 0 saturated carbocycles. The topological polar surface area (TPSA) is 53.4 Å². The molecule has 1 rings (SSSR count). The van der Waals surface area contributed by atoms with E-state index in [0.717, 1.165) is 6.20 Å². The van der Waals surface area contributed by atoms with Crippen LogP contribution in [0.2, 0.25) is 0 Å². The molecular weight excluding hydrogens is 187 g/mol. The van der Waals surface area contributed by atoms with Crippen LogP contribution in [-0.2, 0) is 5.92 Å². The first-order chi connectivity index (χ1) is 5.41. The molecule has 0 radical (unpaired) electrons. The third-order valence-electron chi connectivity index (χ3n) is 1.15. The summed E-state index contributed by atoms with van der Waals surface area (Å²) in [6, 6.07) is 0. The number of aromatic nitrogens is 1. The Morgan fingerprint density at radius 1 is 1.58 bits per heavy atom. The summed E-state index contributed by atoms with van der Waals surface area (Å²) in [5, 5.41) is 16.8. The van der Waals surface area contributed by atoms with E-state index in [1.165, 1.54) is 0 Å². The lowest BCUT2D eigenvalue weighted by molar-refractivity contribution is 0.0172. The van der Waals surface area contributed by atoms with Gasteiger partial charge in [-0.05, 0) is 0 Å². The van der Waals surface area contributed by atoms with Crippen molar-refractivity contribution >= 4 is 23.2 Å². The Hall–Kier alpha value is -0.525. The highest BCUT2D eigenvalue weighted by Gasteiger charge is 2.29. The van der Waals surface area contributed by atoms with Crippen molar-refractivity contribution in [2.75, 3.05) is 0 Å². The van der Waals surface area contributed by atoms with Crippen molar-refractivity contribution < 1.29 is 18.8 Å². The minimum absolute atomic E-state index is 0.0199. The van der Waals surface area contributed by atoms with Gasteiger partial charge in [-0.1, -0.05) is 0 Å². The summed E-state index contributed by atoms with van der Waals surface area (Å²) in [6.07, 6.45) is 1.03. The number of hydrogen-bond donors (Lipinski definition) is 2. The molecule has 0 saturated heterocycles. The maximum atomic E-state index is 12.5. The summed E-state index contributed by atoms with van der Waals surface area (Å²) in [5.41, 5.74) is 0. The second-order valence-corrected chi connectivity index (χ2v) is 3.39. The maximum Gasteiger partial charge on any atom is 0.500 e. The fourth-order valence-corrected chi connectivity index (χ4v) is 1.33. The van der Waals surface area contributed by atoms with E-state index >= 15 is 0 Å². The molecule has 0 unspecified atom stereocenters. The lowest BCUT2D eigenvalue weighted by Gasteiger charge is -2.03. The van der Waals surface area contributed by atoms with Crippen molar-refractivity contribution in [3.8, 4) is 0 Å². The van der Waals surface area contributed by atoms with E-state index in [-0.39, 0.29) is 4.78 Å². The molecule has 0 bridgehead atoms. The van der Waals surface area contributed by atoms with E-state index in [1.807, 2.05) is 0 Å². The standard InChI is InChI=1S/C5H6BF2NO2S/c1-5(7,8)4-9-2-3(12-4)6(10)11/h2,10-11H,1H3. The molecule has 1 aromatic heterocycles. The van der Waals surface area contributed by atoms with Gasteiger partial charge in [-0.15, -0.1) is 11.3 Å². The molecule has 12 heavy (non-hydrogen) atoms. The highest BCUT2D eigenvalue weighted by Crippen LogP contribution is 2.27. The molecule has 2 N–H and O–H groups in total. The molecule has 0 aliphatic carbocycles. The average Bonchev–Trinajstić information content (AvgIpc) is 2.30. The molecule has 0 amide bonds. The number of rotatable bonds is 2. The van der Waals surface area contributed by atoms with E-state index in [0.29, 0.717) is 18.3 Å². The number of alkyl halides is 2. The largest absolute Gasteiger partial charge is 0.500 e. The van der Waals surface area contributed by atoms with Gasteiger partial charge in [0, 0.05) is 13.1 Å². The molecule has 0 aliphatic rings. The SMILES string of the molecule is CC(F)(F)c1ncc(B(O)O)s1. The van der Waals surface area contributed by atoms with Crippen molar-refractivity contribution in [2.24, 2.45) is 0 Å². The third-order valence-corrected chi connectivity index (χ3v) is 2.36. The fourth-order valence-electron chi connectivity index (χ4n) is 0.609. The number of nitrogens with zero attached hydrogens (tertiary/aromatic N) is 1. The Balaban J connectivity index is 2.92. The van der Waals surface area contributed by atoms with Crippen LogP contribution in [0.4, 0.5) is 8.78 Å². The summed E-state index contributed by atoms with van der Waals surface area (Å²) in [5.74, 6) is -3.02. The summed E-state index contributed by atoms with van der Waals surface area (Å²) < 4.78 is 25.1. The molecule has 1 aromatic rings. The van der Waals surface area contributed by atoms with Crippen LogP contribution in [-0.4, -0.2) is 22.2 Å². The lowest BCUT2D eigenvalue weighted by Crippen LogP contribution is -2.26. The van der Waals surface area contributed by atoms with Gasteiger partial charge in [-0.3, -0.25) is 0 Å². The highest BCUT2D eigenvalue weighted by atomic mass is 32.1. The fraction of sp³-hybridized carbons (Fsp3) is 0.400. The molecule has 0 aliphatic heterocycles. The lowest BCUT2D eigenvalue weighted by atomic mass is 9.91. The molecule has 0 atom stereocenters. The maximum absolute atomic E-state index is 12.5. The second kappa shape index (κ2) is 3.08. The number of hydrogen-bond acceptors (Lipinski definition) is 4. The van der Waals surface area contributed by atoms with Crippen LogP contribution in [0.3, 0.4) is 0 Å². The average molecular weight is 193 g/mol. The quantitative estimate of drug-likeness (QED) is 0.646. The minimum atomic E-state index is -3.02. The zero-order valence-electron chi connectivity index (χ0n) is 6.16. The van der Waals surface area contributed by atoms with Crippen LogP contribution >= 0.6 is 11.3 Å². The second-order valence-electron chi connectivity index (χ2n) is 2.33. The predicted octanol–water partition coefficient (Wildman–Crippen LogP) is -0.0654. The van der Waals surface area contributed by atoms with E-state index in [4.69, 9.17) is 10.0 Å². The Labute approximate surface area is 71.8 Å². The van der Waals surface area contributed by atoms with Crippen molar-refractivity contribution in [2.45, 2.75) is 12.8 Å². The van der Waals surface area contributed by atoms with Gasteiger partial charge in [0.1, 0.15) is 0 Å². The van der Waals surface area contributed by atoms with E-state index in [2.05, 4.69) is 4.98 Å². The van der Waals surface area contributed by atoms with E-state index < -0.39 is 18.0 Å². The normalized spacial score (nSPS) is 11.8. The Kier molecular flexibility index (Phi) is 2.45. The summed E-state index contributed by atoms with van der Waals surface area (Å²) in [4.78, 5) is 3.36. The first-order valence-electron chi connectivity index (χ1n) is 3.11. The third kappa shape index (κ3) is 1.99. The van der Waals surface area contributed by atoms with Crippen molar-refractivity contribution in [1.29, 1.82) is 0 Å². The van der Waals surface area contributed by atoms with E-state index in [9.17, 15) is 8.78 Å². The van der Waals surface area contributed by atoms with Gasteiger partial charge < -0.3 is 10.0 Å². The smallest absolute Gasteiger partial charge is 0.423 e. The predicted molar refractivity (Wildman–Crippen MR) is 41.5 cm³/mol. The zero-order valence-corrected chi connectivity index (χ0v) is 6.98. The van der Waals surface area contributed by atoms with Gasteiger partial charge in [0.2, 0.25) is 0 Å². The Bertz CT molecular complexity index is 273. The van der Waals surface area contributed by atoms with Crippen LogP contribution in [0.5, 0.6) is 0 Å². The van der Waals surface area contributed by atoms with Gasteiger partial charge in [-0.2, -0.15) is 8.78 Å². The Morgan fingerprint density at radius 2 is 2.17 bits per heavy atom.